The summed E-state index contributed by atoms with van der Waals surface area (Å²) in [6, 6.07) is 9.30. The molecule has 0 bridgehead atoms. The second kappa shape index (κ2) is 9.93. The molecule has 2 saturated heterocycles. The Morgan fingerprint density at radius 1 is 1.15 bits per heavy atom. The van der Waals surface area contributed by atoms with Crippen LogP contribution in [0.3, 0.4) is 0 Å². The number of amides is 2. The number of aromatic nitrogens is 2. The highest BCUT2D eigenvalue weighted by Crippen LogP contribution is 2.48. The Morgan fingerprint density at radius 2 is 1.85 bits per heavy atom. The number of ether oxygens (including phenoxy) is 1. The molecule has 6 rings (SSSR count). The summed E-state index contributed by atoms with van der Waals surface area (Å²) in [5, 5.41) is 3.41. The summed E-state index contributed by atoms with van der Waals surface area (Å²) in [6.45, 7) is 13.6. The minimum absolute atomic E-state index is 0.00217. The third kappa shape index (κ3) is 5.00. The molecule has 4 heterocycles. The van der Waals surface area contributed by atoms with Gasteiger partial charge >= 0.3 is 6.09 Å². The van der Waals surface area contributed by atoms with Crippen LogP contribution in [0.1, 0.15) is 68.8 Å². The lowest BCUT2D eigenvalue weighted by Crippen LogP contribution is -2.73. The Balaban J connectivity index is 1.11. The van der Waals surface area contributed by atoms with E-state index >= 15 is 0 Å². The van der Waals surface area contributed by atoms with Crippen molar-refractivity contribution in [1.82, 2.24) is 19.8 Å². The number of cyclic esters (lactones) is 1. The van der Waals surface area contributed by atoms with E-state index < -0.39 is 0 Å². The molecule has 39 heavy (non-hydrogen) atoms. The second-order valence-corrected chi connectivity index (χ2v) is 12.1. The molecule has 1 aromatic heterocycles. The van der Waals surface area contributed by atoms with E-state index in [1.807, 2.05) is 18.7 Å². The molecule has 9 nitrogen and oxygen atoms in total. The van der Waals surface area contributed by atoms with Crippen molar-refractivity contribution >= 4 is 23.8 Å². The summed E-state index contributed by atoms with van der Waals surface area (Å²) in [6.07, 6.45) is 6.66. The number of likely N-dealkylation sites (tertiary alicyclic amines) is 2. The van der Waals surface area contributed by atoms with E-state index in [-0.39, 0.29) is 36.1 Å². The maximum Gasteiger partial charge on any atom is 0.416 e. The third-order valence-electron chi connectivity index (χ3n) is 8.61. The molecule has 1 spiro atoms. The van der Waals surface area contributed by atoms with E-state index in [1.165, 1.54) is 30.9 Å². The number of nitrogens with one attached hydrogen (secondary N) is 1. The van der Waals surface area contributed by atoms with Crippen LogP contribution in [0.25, 0.3) is 0 Å². The maximum atomic E-state index is 12.3. The van der Waals surface area contributed by atoms with E-state index in [1.54, 1.807) is 11.1 Å². The van der Waals surface area contributed by atoms with Crippen LogP contribution in [0.15, 0.2) is 43.1 Å². The summed E-state index contributed by atoms with van der Waals surface area (Å²) >= 11 is 0. The fraction of sp³-hybridized carbons (Fsp3) is 0.533. The first-order valence-corrected chi connectivity index (χ1v) is 14.1. The number of carbonyl (C=O) groups excluding carboxylic acids is 2. The van der Waals surface area contributed by atoms with Crippen LogP contribution in [0.4, 0.5) is 16.6 Å². The van der Waals surface area contributed by atoms with Gasteiger partial charge in [-0.15, -0.1) is 0 Å². The molecule has 2 amide bonds. The van der Waals surface area contributed by atoms with Crippen LogP contribution in [0.2, 0.25) is 0 Å². The number of hydrogen-bond donors (Lipinski definition) is 1. The monoisotopic (exact) mass is 530 g/mol. The molecule has 1 unspecified atom stereocenters. The van der Waals surface area contributed by atoms with E-state index in [2.05, 4.69) is 58.0 Å². The van der Waals surface area contributed by atoms with Crippen LogP contribution in [-0.4, -0.2) is 64.0 Å². The quantitative estimate of drug-likeness (QED) is 0.471. The average Bonchev–Trinajstić information content (AvgIpc) is 3.70. The van der Waals surface area contributed by atoms with Crippen LogP contribution in [0, 0.1) is 11.3 Å². The molecule has 206 valence electrons. The lowest BCUT2D eigenvalue weighted by molar-refractivity contribution is -0.159. The number of hydrogen-bond acceptors (Lipinski definition) is 7. The van der Waals surface area contributed by atoms with Crippen molar-refractivity contribution < 1.29 is 14.3 Å². The molecule has 1 aromatic carbocycles. The zero-order valence-electron chi connectivity index (χ0n) is 23.1. The topological polar surface area (TPSA) is 90.9 Å². The molecule has 3 aliphatic heterocycles. The van der Waals surface area contributed by atoms with Gasteiger partial charge in [0.15, 0.2) is 0 Å². The van der Waals surface area contributed by atoms with Crippen molar-refractivity contribution in [2.24, 2.45) is 11.3 Å². The first-order valence-electron chi connectivity index (χ1n) is 14.1. The Hall–Kier alpha value is -3.46. The van der Waals surface area contributed by atoms with Crippen molar-refractivity contribution in [3.8, 4) is 0 Å². The van der Waals surface area contributed by atoms with Gasteiger partial charge in [-0.05, 0) is 50.3 Å². The summed E-state index contributed by atoms with van der Waals surface area (Å²) in [5.74, 6) is 1.98. The highest BCUT2D eigenvalue weighted by molar-refractivity contribution is 5.89. The molecule has 3 fully saturated rings. The standard InChI is InChI=1S/C30H38N6O3/c1-5-26(37)35-17-30(18-35)15-34(16-30)25(12-21-6-7-21)23-10-8-22(9-11-23)20(4)32-28-31-13-24-14-39-29(38)36(19(2)3)27(24)33-28/h5,8-11,13,19-21,25H,1,6-7,12,14-18H2,2-4H3,(H,31,32,33)/t20-,25?/m0/s1. The molecular weight excluding hydrogens is 492 g/mol. The number of rotatable bonds is 9. The normalized spacial score (nSPS) is 21.5. The first-order chi connectivity index (χ1) is 18.7. The first kappa shape index (κ1) is 25.8. The molecular formula is C30H38N6O3. The molecule has 4 aliphatic rings. The average molecular weight is 531 g/mol. The molecule has 9 heteroatoms. The second-order valence-electron chi connectivity index (χ2n) is 12.1. The van der Waals surface area contributed by atoms with Gasteiger partial charge in [-0.2, -0.15) is 4.98 Å². The lowest BCUT2D eigenvalue weighted by Gasteiger charge is -2.62. The summed E-state index contributed by atoms with van der Waals surface area (Å²) in [7, 11) is 0. The molecule has 2 aromatic rings. The van der Waals surface area contributed by atoms with Gasteiger partial charge in [-0.3, -0.25) is 14.6 Å². The van der Waals surface area contributed by atoms with E-state index in [9.17, 15) is 9.59 Å². The van der Waals surface area contributed by atoms with Crippen LogP contribution in [0.5, 0.6) is 0 Å². The van der Waals surface area contributed by atoms with Crippen LogP contribution in [-0.2, 0) is 16.1 Å². The molecule has 1 saturated carbocycles. The smallest absolute Gasteiger partial charge is 0.416 e. The van der Waals surface area contributed by atoms with Crippen molar-refractivity contribution in [1.29, 1.82) is 0 Å². The Morgan fingerprint density at radius 3 is 2.49 bits per heavy atom. The number of fused-ring (bicyclic) bond motifs is 1. The highest BCUT2D eigenvalue weighted by atomic mass is 16.6. The summed E-state index contributed by atoms with van der Waals surface area (Å²) in [4.78, 5) is 39.4. The predicted molar refractivity (Wildman–Crippen MR) is 149 cm³/mol. The van der Waals surface area contributed by atoms with Gasteiger partial charge < -0.3 is 15.0 Å². The summed E-state index contributed by atoms with van der Waals surface area (Å²) in [5.41, 5.74) is 3.60. The largest absolute Gasteiger partial charge is 0.444 e. The SMILES string of the molecule is C=CC(=O)N1CC2(C1)CN(C(CC1CC1)c1ccc([C@H](C)Nc3ncc4c(n3)N(C(C)C)C(=O)OC4)cc1)C2. The highest BCUT2D eigenvalue weighted by Gasteiger charge is 2.54. The Kier molecular flexibility index (Phi) is 6.57. The van der Waals surface area contributed by atoms with Crippen molar-refractivity contribution in [3.63, 3.8) is 0 Å². The molecule has 0 radical (unpaired) electrons. The van der Waals surface area contributed by atoms with Gasteiger partial charge in [0.05, 0.1) is 11.6 Å². The van der Waals surface area contributed by atoms with E-state index in [0.29, 0.717) is 17.8 Å². The lowest BCUT2D eigenvalue weighted by atomic mass is 9.71. The van der Waals surface area contributed by atoms with E-state index in [4.69, 9.17) is 4.74 Å². The van der Waals surface area contributed by atoms with Crippen molar-refractivity contribution in [3.05, 3.63) is 59.8 Å². The van der Waals surface area contributed by atoms with Gasteiger partial charge in [0.1, 0.15) is 12.4 Å². The maximum absolute atomic E-state index is 12.3. The fourth-order valence-corrected chi connectivity index (χ4v) is 6.26. The van der Waals surface area contributed by atoms with Gasteiger partial charge in [0.2, 0.25) is 11.9 Å². The molecule has 1 N–H and O–H groups in total. The predicted octanol–water partition coefficient (Wildman–Crippen LogP) is 4.69. The number of anilines is 2. The zero-order valence-corrected chi connectivity index (χ0v) is 23.1. The minimum Gasteiger partial charge on any atom is -0.444 e. The summed E-state index contributed by atoms with van der Waals surface area (Å²) < 4.78 is 5.26. The van der Waals surface area contributed by atoms with Crippen LogP contribution >= 0.6 is 0 Å². The minimum atomic E-state index is -0.375. The number of nitrogens with zero attached hydrogens (tertiary/aromatic N) is 5. The number of benzene rings is 1. The van der Waals surface area contributed by atoms with Gasteiger partial charge in [-0.25, -0.2) is 9.78 Å². The fourth-order valence-electron chi connectivity index (χ4n) is 6.26. The van der Waals surface area contributed by atoms with Crippen LogP contribution < -0.4 is 10.2 Å². The molecule has 2 atom stereocenters. The Labute approximate surface area is 230 Å². The van der Waals surface area contributed by atoms with E-state index in [0.717, 1.165) is 43.2 Å². The molecule has 1 aliphatic carbocycles. The van der Waals surface area contributed by atoms with Crippen molar-refractivity contribution in [2.45, 2.75) is 64.8 Å². The van der Waals surface area contributed by atoms with Gasteiger partial charge in [-0.1, -0.05) is 43.7 Å². The third-order valence-corrected chi connectivity index (χ3v) is 8.61. The number of carbonyl (C=O) groups is 2. The van der Waals surface area contributed by atoms with Crippen molar-refractivity contribution in [2.75, 3.05) is 36.4 Å². The van der Waals surface area contributed by atoms with Gasteiger partial charge in [0, 0.05) is 49.9 Å². The zero-order chi connectivity index (χ0) is 27.3. The Bertz CT molecular complexity index is 1260. The van der Waals surface area contributed by atoms with Gasteiger partial charge in [0.25, 0.3) is 0 Å².